The molecular formula is C26H33N7O4. The van der Waals surface area contributed by atoms with E-state index in [2.05, 4.69) is 30.5 Å². The van der Waals surface area contributed by atoms with Crippen molar-refractivity contribution in [3.05, 3.63) is 41.1 Å². The molecule has 3 aliphatic heterocycles. The minimum atomic E-state index is -0.879. The molecule has 0 bridgehead atoms. The first-order valence-corrected chi connectivity index (χ1v) is 12.8. The van der Waals surface area contributed by atoms with Crippen LogP contribution in [0.25, 0.3) is 0 Å². The molecule has 2 amide bonds. The minimum absolute atomic E-state index is 0.0241. The highest BCUT2D eigenvalue weighted by molar-refractivity contribution is 5.93. The molecule has 37 heavy (non-hydrogen) atoms. The van der Waals surface area contributed by atoms with Crippen molar-refractivity contribution in [2.24, 2.45) is 4.99 Å². The van der Waals surface area contributed by atoms with Gasteiger partial charge in [0.1, 0.15) is 17.3 Å². The van der Waals surface area contributed by atoms with Crippen molar-refractivity contribution in [2.75, 3.05) is 42.9 Å². The van der Waals surface area contributed by atoms with Gasteiger partial charge in [0.05, 0.1) is 18.2 Å². The van der Waals surface area contributed by atoms with Crippen molar-refractivity contribution in [1.29, 1.82) is 0 Å². The number of carbonyl (C=O) groups excluding carboxylic acids is 2. The standard InChI is InChI=1S/C26H33N7O4/c1-16(34)33-14-19(15-33)29-24-11-22(30-26(31-24)32-7-3-2-4-8-32)25(37)28-13-23(36)21-10-17-5-6-20(35)9-18(17)12-27-21/h5-6,9,11-12,19,21,23,35-36H,2-4,7-8,10,13-15H2,1H3,(H,28,37)(H,29,30,31)/t21?,23-/m1/s1. The van der Waals surface area contributed by atoms with Gasteiger partial charge in [0.15, 0.2) is 0 Å². The van der Waals surface area contributed by atoms with E-state index in [0.29, 0.717) is 31.3 Å². The Kier molecular flexibility index (Phi) is 7.22. The molecule has 2 atom stereocenters. The Morgan fingerprint density at radius 3 is 2.68 bits per heavy atom. The third kappa shape index (κ3) is 5.82. The molecule has 4 N–H and O–H groups in total. The second-order valence-corrected chi connectivity index (χ2v) is 9.96. The van der Waals surface area contributed by atoms with Gasteiger partial charge >= 0.3 is 0 Å². The summed E-state index contributed by atoms with van der Waals surface area (Å²) in [7, 11) is 0. The van der Waals surface area contributed by atoms with Crippen LogP contribution in [0.5, 0.6) is 5.75 Å². The molecule has 0 spiro atoms. The van der Waals surface area contributed by atoms with Gasteiger partial charge in [0, 0.05) is 51.9 Å². The number of aromatic hydroxyl groups is 1. The van der Waals surface area contributed by atoms with Crippen LogP contribution >= 0.6 is 0 Å². The van der Waals surface area contributed by atoms with E-state index in [1.54, 1.807) is 36.2 Å². The predicted octanol–water partition coefficient (Wildman–Crippen LogP) is 0.950. The third-order valence-electron chi connectivity index (χ3n) is 7.14. The number of nitrogens with one attached hydrogen (secondary N) is 2. The first kappa shape index (κ1) is 24.9. The number of hydrogen-bond acceptors (Lipinski definition) is 9. The van der Waals surface area contributed by atoms with E-state index < -0.39 is 18.1 Å². The van der Waals surface area contributed by atoms with Crippen LogP contribution in [-0.2, 0) is 11.2 Å². The lowest BCUT2D eigenvalue weighted by molar-refractivity contribution is -0.132. The Morgan fingerprint density at radius 1 is 1.14 bits per heavy atom. The summed E-state index contributed by atoms with van der Waals surface area (Å²) in [4.78, 5) is 42.1. The molecule has 5 rings (SSSR count). The van der Waals surface area contributed by atoms with Crippen molar-refractivity contribution in [1.82, 2.24) is 20.2 Å². The maximum Gasteiger partial charge on any atom is 0.270 e. The van der Waals surface area contributed by atoms with Crippen molar-refractivity contribution in [3.8, 4) is 5.75 Å². The van der Waals surface area contributed by atoms with Gasteiger partial charge in [-0.05, 0) is 48.9 Å². The molecule has 1 aromatic carbocycles. The molecule has 0 saturated carbocycles. The zero-order valence-corrected chi connectivity index (χ0v) is 20.9. The number of amides is 2. The molecule has 2 fully saturated rings. The molecular weight excluding hydrogens is 474 g/mol. The number of rotatable bonds is 7. The summed E-state index contributed by atoms with van der Waals surface area (Å²) in [5.74, 6) is 0.873. The molecule has 196 valence electrons. The Hall–Kier alpha value is -3.73. The summed E-state index contributed by atoms with van der Waals surface area (Å²) in [5.41, 5.74) is 2.04. The lowest BCUT2D eigenvalue weighted by Gasteiger charge is -2.39. The Bertz CT molecular complexity index is 1190. The number of piperidine rings is 1. The second-order valence-electron chi connectivity index (χ2n) is 9.96. The van der Waals surface area contributed by atoms with Crippen LogP contribution in [0.3, 0.4) is 0 Å². The normalized spacial score (nSPS) is 20.1. The van der Waals surface area contributed by atoms with Gasteiger partial charge in [0.25, 0.3) is 5.91 Å². The highest BCUT2D eigenvalue weighted by Gasteiger charge is 2.29. The van der Waals surface area contributed by atoms with Gasteiger partial charge in [-0.2, -0.15) is 4.98 Å². The van der Waals surface area contributed by atoms with Crippen molar-refractivity contribution in [3.63, 3.8) is 0 Å². The van der Waals surface area contributed by atoms with Crippen LogP contribution in [0.1, 0.15) is 47.8 Å². The van der Waals surface area contributed by atoms with Crippen molar-refractivity contribution < 1.29 is 19.8 Å². The number of aliphatic hydroxyl groups excluding tert-OH is 1. The average Bonchev–Trinajstić information content (AvgIpc) is 2.88. The third-order valence-corrected chi connectivity index (χ3v) is 7.14. The van der Waals surface area contributed by atoms with Gasteiger partial charge in [-0.25, -0.2) is 4.98 Å². The maximum atomic E-state index is 13.1. The topological polar surface area (TPSA) is 143 Å². The molecule has 0 radical (unpaired) electrons. The number of benzene rings is 1. The number of phenols is 1. The number of carbonyl (C=O) groups is 2. The molecule has 4 heterocycles. The van der Waals surface area contributed by atoms with Crippen LogP contribution in [0, 0.1) is 0 Å². The van der Waals surface area contributed by atoms with Crippen LogP contribution in [-0.4, -0.2) is 94.0 Å². The summed E-state index contributed by atoms with van der Waals surface area (Å²) in [6, 6.07) is 6.37. The van der Waals surface area contributed by atoms with Crippen molar-refractivity contribution >= 4 is 29.8 Å². The zero-order chi connectivity index (χ0) is 25.9. The molecule has 1 unspecified atom stereocenters. The van der Waals surface area contributed by atoms with E-state index in [1.165, 1.54) is 0 Å². The quantitative estimate of drug-likeness (QED) is 0.434. The predicted molar refractivity (Wildman–Crippen MR) is 139 cm³/mol. The summed E-state index contributed by atoms with van der Waals surface area (Å²) in [6.07, 6.45) is 4.55. The smallest absolute Gasteiger partial charge is 0.270 e. The summed E-state index contributed by atoms with van der Waals surface area (Å²) >= 11 is 0. The van der Waals surface area contributed by atoms with Gasteiger partial charge < -0.3 is 30.6 Å². The highest BCUT2D eigenvalue weighted by atomic mass is 16.3. The fourth-order valence-electron chi connectivity index (χ4n) is 4.90. The molecule has 1 aromatic heterocycles. The minimum Gasteiger partial charge on any atom is -0.508 e. The first-order chi connectivity index (χ1) is 17.9. The lowest BCUT2D eigenvalue weighted by Crippen LogP contribution is -2.56. The van der Waals surface area contributed by atoms with Crippen LogP contribution < -0.4 is 15.5 Å². The Labute approximate surface area is 215 Å². The second kappa shape index (κ2) is 10.7. The van der Waals surface area contributed by atoms with E-state index in [9.17, 15) is 19.8 Å². The van der Waals surface area contributed by atoms with E-state index in [4.69, 9.17) is 0 Å². The fourth-order valence-corrected chi connectivity index (χ4v) is 4.90. The molecule has 11 nitrogen and oxygen atoms in total. The van der Waals surface area contributed by atoms with Crippen LogP contribution in [0.2, 0.25) is 0 Å². The molecule has 11 heteroatoms. The van der Waals surface area contributed by atoms with E-state index in [0.717, 1.165) is 43.5 Å². The van der Waals surface area contributed by atoms with Crippen molar-refractivity contribution in [2.45, 2.75) is 50.8 Å². The van der Waals surface area contributed by atoms with Gasteiger partial charge in [-0.15, -0.1) is 0 Å². The van der Waals surface area contributed by atoms with E-state index in [-0.39, 0.29) is 29.9 Å². The summed E-state index contributed by atoms with van der Waals surface area (Å²) in [5, 5.41) is 26.5. The SMILES string of the molecule is CC(=O)N1CC(Nc2cc(C(=O)NC[C@@H](O)C3Cc4ccc(O)cc4C=N3)nc(N3CCCCC3)n2)C1. The molecule has 2 aromatic rings. The fraction of sp³-hybridized carbons (Fsp3) is 0.500. The maximum absolute atomic E-state index is 13.1. The molecule has 2 saturated heterocycles. The Balaban J connectivity index is 1.25. The average molecular weight is 508 g/mol. The van der Waals surface area contributed by atoms with Gasteiger partial charge in [0.2, 0.25) is 11.9 Å². The van der Waals surface area contributed by atoms with Gasteiger partial charge in [-0.1, -0.05) is 6.07 Å². The number of hydrogen-bond donors (Lipinski definition) is 4. The van der Waals surface area contributed by atoms with E-state index >= 15 is 0 Å². The number of fused-ring (bicyclic) bond motifs is 1. The number of likely N-dealkylation sites (tertiary alicyclic amines) is 1. The summed E-state index contributed by atoms with van der Waals surface area (Å²) < 4.78 is 0. The number of anilines is 2. The van der Waals surface area contributed by atoms with Gasteiger partial charge in [-0.3, -0.25) is 14.6 Å². The first-order valence-electron chi connectivity index (χ1n) is 12.8. The van der Waals surface area contributed by atoms with Crippen LogP contribution in [0.4, 0.5) is 11.8 Å². The zero-order valence-electron chi connectivity index (χ0n) is 20.9. The number of aromatic nitrogens is 2. The Morgan fingerprint density at radius 2 is 1.92 bits per heavy atom. The molecule has 3 aliphatic rings. The number of phenolic OH excluding ortho intramolecular Hbond substituents is 1. The largest absolute Gasteiger partial charge is 0.508 e. The monoisotopic (exact) mass is 507 g/mol. The lowest BCUT2D eigenvalue weighted by atomic mass is 9.95. The van der Waals surface area contributed by atoms with E-state index in [1.807, 2.05) is 6.07 Å². The molecule has 0 aliphatic carbocycles. The number of aliphatic hydroxyl groups is 1. The highest BCUT2D eigenvalue weighted by Crippen LogP contribution is 2.23. The number of aliphatic imine (C=N–C) groups is 1. The van der Waals surface area contributed by atoms with Crippen LogP contribution in [0.15, 0.2) is 29.3 Å². The summed E-state index contributed by atoms with van der Waals surface area (Å²) in [6.45, 7) is 4.44. The number of nitrogens with zero attached hydrogens (tertiary/aromatic N) is 5.